The van der Waals surface area contributed by atoms with Crippen molar-refractivity contribution < 1.29 is 9.18 Å². The average Bonchev–Trinajstić information content (AvgIpc) is 2.98. The first kappa shape index (κ1) is 16.1. The summed E-state index contributed by atoms with van der Waals surface area (Å²) in [5.41, 5.74) is 3.32. The van der Waals surface area contributed by atoms with E-state index in [1.54, 1.807) is 25.3 Å². The molecular weight excluding hydrogens is 317 g/mol. The van der Waals surface area contributed by atoms with Gasteiger partial charge < -0.3 is 10.2 Å². The summed E-state index contributed by atoms with van der Waals surface area (Å²) in [7, 11) is 0. The number of pyridine rings is 1. The summed E-state index contributed by atoms with van der Waals surface area (Å²) in [5.74, 6) is -0.0253. The number of nitrogens with zero attached hydrogens (tertiary/aromatic N) is 2. The molecule has 0 radical (unpaired) electrons. The molecular formula is C20H22FN3O. The minimum absolute atomic E-state index is 0.00350. The molecule has 1 aromatic carbocycles. The first-order valence-electron chi connectivity index (χ1n) is 8.83. The third-order valence-electron chi connectivity index (χ3n) is 5.53. The Bertz CT molecular complexity index is 812. The number of piperidine rings is 1. The summed E-state index contributed by atoms with van der Waals surface area (Å²) >= 11 is 0. The maximum Gasteiger partial charge on any atom is 0.220 e. The lowest BCUT2D eigenvalue weighted by Gasteiger charge is -2.40. The molecule has 130 valence electrons. The number of hydrogen-bond acceptors (Lipinski definition) is 3. The van der Waals surface area contributed by atoms with E-state index in [9.17, 15) is 9.18 Å². The van der Waals surface area contributed by atoms with Crippen molar-refractivity contribution in [1.82, 2.24) is 10.3 Å². The van der Waals surface area contributed by atoms with Gasteiger partial charge in [0, 0.05) is 42.5 Å². The number of aromatic nitrogens is 1. The van der Waals surface area contributed by atoms with E-state index in [0.29, 0.717) is 12.0 Å². The zero-order valence-corrected chi connectivity index (χ0v) is 14.4. The molecule has 1 aromatic heterocycles. The van der Waals surface area contributed by atoms with Gasteiger partial charge in [0.05, 0.1) is 5.69 Å². The molecule has 2 aliphatic heterocycles. The van der Waals surface area contributed by atoms with Crippen molar-refractivity contribution in [1.29, 1.82) is 0 Å². The van der Waals surface area contributed by atoms with Gasteiger partial charge in [-0.2, -0.15) is 0 Å². The van der Waals surface area contributed by atoms with Gasteiger partial charge in [-0.25, -0.2) is 4.39 Å². The van der Waals surface area contributed by atoms with E-state index in [1.807, 2.05) is 18.2 Å². The van der Waals surface area contributed by atoms with E-state index in [0.717, 1.165) is 49.3 Å². The van der Waals surface area contributed by atoms with Crippen LogP contribution in [0.3, 0.4) is 0 Å². The molecule has 4 nitrogen and oxygen atoms in total. The van der Waals surface area contributed by atoms with E-state index < -0.39 is 0 Å². The van der Waals surface area contributed by atoms with Crippen LogP contribution < -0.4 is 10.2 Å². The number of carbonyl (C=O) groups excluding carboxylic acids is 1. The van der Waals surface area contributed by atoms with Crippen molar-refractivity contribution in [2.45, 2.75) is 38.1 Å². The summed E-state index contributed by atoms with van der Waals surface area (Å²) < 4.78 is 13.8. The number of rotatable bonds is 2. The Kier molecular flexibility index (Phi) is 3.94. The van der Waals surface area contributed by atoms with Crippen LogP contribution in [0.2, 0.25) is 0 Å². The average molecular weight is 339 g/mol. The van der Waals surface area contributed by atoms with Gasteiger partial charge in [0.15, 0.2) is 0 Å². The Morgan fingerprint density at radius 3 is 2.64 bits per heavy atom. The minimum Gasteiger partial charge on any atom is -0.371 e. The topological polar surface area (TPSA) is 45.2 Å². The highest BCUT2D eigenvalue weighted by Crippen LogP contribution is 2.34. The fourth-order valence-electron chi connectivity index (χ4n) is 3.87. The van der Waals surface area contributed by atoms with Crippen LogP contribution in [0.4, 0.5) is 10.1 Å². The minimum atomic E-state index is -0.207. The van der Waals surface area contributed by atoms with E-state index >= 15 is 0 Å². The number of carbonyl (C=O) groups is 1. The first-order valence-corrected chi connectivity index (χ1v) is 8.83. The second kappa shape index (κ2) is 6.14. The maximum absolute atomic E-state index is 13.8. The van der Waals surface area contributed by atoms with Crippen LogP contribution in [0.25, 0.3) is 11.3 Å². The molecule has 1 N–H and O–H groups in total. The predicted octanol–water partition coefficient (Wildman–Crippen LogP) is 3.45. The van der Waals surface area contributed by atoms with Crippen LogP contribution in [0.1, 0.15) is 31.2 Å². The van der Waals surface area contributed by atoms with Crippen molar-refractivity contribution in [3.05, 3.63) is 47.9 Å². The van der Waals surface area contributed by atoms with E-state index in [4.69, 9.17) is 0 Å². The number of benzene rings is 1. The van der Waals surface area contributed by atoms with E-state index in [2.05, 4.69) is 15.2 Å². The van der Waals surface area contributed by atoms with Gasteiger partial charge in [-0.05, 0) is 49.9 Å². The third kappa shape index (κ3) is 3.11. The number of nitrogens with one attached hydrogen (secondary N) is 1. The van der Waals surface area contributed by atoms with Gasteiger partial charge in [0.2, 0.25) is 5.91 Å². The zero-order chi connectivity index (χ0) is 17.4. The quantitative estimate of drug-likeness (QED) is 0.911. The molecule has 2 aliphatic rings. The summed E-state index contributed by atoms with van der Waals surface area (Å²) in [6.07, 6.45) is 5.32. The Balaban J connectivity index is 1.52. The lowest BCUT2D eigenvalue weighted by molar-refractivity contribution is -0.119. The number of anilines is 1. The van der Waals surface area contributed by atoms with Crippen LogP contribution in [-0.4, -0.2) is 29.5 Å². The lowest BCUT2D eigenvalue weighted by atomic mass is 9.86. The van der Waals surface area contributed by atoms with Gasteiger partial charge in [-0.3, -0.25) is 9.78 Å². The first-order chi connectivity index (χ1) is 12.0. The SMILES string of the molecule is Cc1ccc(-c2cc(N3CCC4(CCC(=O)N4)CC3)ccn2)cc1F. The Hall–Kier alpha value is -2.43. The van der Waals surface area contributed by atoms with Crippen LogP contribution in [0, 0.1) is 12.7 Å². The van der Waals surface area contributed by atoms with Gasteiger partial charge in [0.1, 0.15) is 5.82 Å². The molecule has 0 bridgehead atoms. The van der Waals surface area contributed by atoms with Crippen molar-refractivity contribution in [3.63, 3.8) is 0 Å². The standard InChI is InChI=1S/C20H22FN3O/c1-14-2-3-15(12-17(14)21)18-13-16(5-9-22-18)24-10-7-20(8-11-24)6-4-19(25)23-20/h2-3,5,9,12-13H,4,6-8,10-11H2,1H3,(H,23,25). The fourth-order valence-corrected chi connectivity index (χ4v) is 3.87. The van der Waals surface area contributed by atoms with Crippen LogP contribution in [-0.2, 0) is 4.79 Å². The number of aryl methyl sites for hydroxylation is 1. The molecule has 1 spiro atoms. The smallest absolute Gasteiger partial charge is 0.220 e. The summed E-state index contributed by atoms with van der Waals surface area (Å²) in [6, 6.07) is 9.26. The van der Waals surface area contributed by atoms with Crippen LogP contribution >= 0.6 is 0 Å². The summed E-state index contributed by atoms with van der Waals surface area (Å²) in [6.45, 7) is 3.58. The molecule has 1 amide bonds. The fraction of sp³-hybridized carbons (Fsp3) is 0.400. The van der Waals surface area contributed by atoms with Gasteiger partial charge >= 0.3 is 0 Å². The third-order valence-corrected chi connectivity index (χ3v) is 5.53. The van der Waals surface area contributed by atoms with E-state index in [-0.39, 0.29) is 17.3 Å². The Morgan fingerprint density at radius 1 is 1.16 bits per heavy atom. The van der Waals surface area contributed by atoms with Crippen molar-refractivity contribution in [3.8, 4) is 11.3 Å². The van der Waals surface area contributed by atoms with Gasteiger partial charge in [-0.15, -0.1) is 0 Å². The molecule has 0 atom stereocenters. The van der Waals surface area contributed by atoms with Gasteiger partial charge in [-0.1, -0.05) is 12.1 Å². The number of halogens is 1. The molecule has 0 aliphatic carbocycles. The molecule has 2 fully saturated rings. The summed E-state index contributed by atoms with van der Waals surface area (Å²) in [5, 5.41) is 3.17. The molecule has 3 heterocycles. The lowest BCUT2D eigenvalue weighted by Crippen LogP contribution is -2.51. The number of amides is 1. The highest BCUT2D eigenvalue weighted by Gasteiger charge is 2.40. The van der Waals surface area contributed by atoms with Crippen molar-refractivity contribution >= 4 is 11.6 Å². The van der Waals surface area contributed by atoms with E-state index in [1.165, 1.54) is 0 Å². The number of hydrogen-bond donors (Lipinski definition) is 1. The monoisotopic (exact) mass is 339 g/mol. The van der Waals surface area contributed by atoms with Crippen LogP contribution in [0.5, 0.6) is 0 Å². The zero-order valence-electron chi connectivity index (χ0n) is 14.4. The predicted molar refractivity (Wildman–Crippen MR) is 95.9 cm³/mol. The molecule has 5 heteroatoms. The molecule has 0 saturated carbocycles. The van der Waals surface area contributed by atoms with Gasteiger partial charge in [0.25, 0.3) is 0 Å². The highest BCUT2D eigenvalue weighted by atomic mass is 19.1. The van der Waals surface area contributed by atoms with Crippen LogP contribution in [0.15, 0.2) is 36.5 Å². The normalized spacial score (nSPS) is 19.3. The van der Waals surface area contributed by atoms with Crippen molar-refractivity contribution in [2.24, 2.45) is 0 Å². The van der Waals surface area contributed by atoms with Crippen molar-refractivity contribution in [2.75, 3.05) is 18.0 Å². The highest BCUT2D eigenvalue weighted by molar-refractivity contribution is 5.79. The molecule has 25 heavy (non-hydrogen) atoms. The Morgan fingerprint density at radius 2 is 1.96 bits per heavy atom. The Labute approximate surface area is 147 Å². The second-order valence-corrected chi connectivity index (χ2v) is 7.18. The maximum atomic E-state index is 13.8. The molecule has 2 saturated heterocycles. The summed E-state index contributed by atoms with van der Waals surface area (Å²) in [4.78, 5) is 18.3. The molecule has 2 aromatic rings. The molecule has 0 unspecified atom stereocenters. The molecule has 4 rings (SSSR count). The largest absolute Gasteiger partial charge is 0.371 e. The second-order valence-electron chi connectivity index (χ2n) is 7.18.